The Labute approximate surface area is 128 Å². The number of aromatic nitrogens is 2. The van der Waals surface area contributed by atoms with Crippen LogP contribution in [0.1, 0.15) is 19.0 Å². The first kappa shape index (κ1) is 14.5. The molecule has 1 aliphatic rings. The third kappa shape index (κ3) is 3.10. The van der Waals surface area contributed by atoms with Crippen LogP contribution in [0.4, 0.5) is 0 Å². The molecule has 2 aromatic heterocycles. The van der Waals surface area contributed by atoms with Gasteiger partial charge in [0.25, 0.3) is 5.56 Å². The molecule has 1 aliphatic heterocycles. The van der Waals surface area contributed by atoms with Crippen LogP contribution in [0.25, 0.3) is 5.65 Å². The zero-order chi connectivity index (χ0) is 14.8. The van der Waals surface area contributed by atoms with E-state index in [0.717, 1.165) is 31.7 Å². The summed E-state index contributed by atoms with van der Waals surface area (Å²) in [4.78, 5) is 19.1. The minimum Gasteiger partial charge on any atom is -0.315 e. The maximum absolute atomic E-state index is 12.2. The summed E-state index contributed by atoms with van der Waals surface area (Å²) < 4.78 is 1.49. The summed E-state index contributed by atoms with van der Waals surface area (Å²) in [6.07, 6.45) is 2.75. The highest BCUT2D eigenvalue weighted by Gasteiger charge is 2.21. The number of hydrogen-bond donors (Lipinski definition) is 1. The molecule has 1 unspecified atom stereocenters. The first-order valence-electron chi connectivity index (χ1n) is 7.30. The lowest BCUT2D eigenvalue weighted by molar-refractivity contribution is 0.208. The van der Waals surface area contributed by atoms with Crippen molar-refractivity contribution < 1.29 is 0 Å². The second kappa shape index (κ2) is 6.13. The van der Waals surface area contributed by atoms with Crippen molar-refractivity contribution in [3.63, 3.8) is 0 Å². The Bertz CT molecular complexity index is 694. The Morgan fingerprint density at radius 3 is 3.10 bits per heavy atom. The number of nitrogens with zero attached hydrogens (tertiary/aromatic N) is 3. The summed E-state index contributed by atoms with van der Waals surface area (Å²) in [7, 11) is 0. The van der Waals surface area contributed by atoms with Crippen LogP contribution in [0.2, 0.25) is 5.02 Å². The van der Waals surface area contributed by atoms with Gasteiger partial charge in [0, 0.05) is 31.4 Å². The van der Waals surface area contributed by atoms with Crippen molar-refractivity contribution in [1.29, 1.82) is 0 Å². The Balaban J connectivity index is 1.89. The van der Waals surface area contributed by atoms with Crippen LogP contribution < -0.4 is 10.9 Å². The van der Waals surface area contributed by atoms with Crippen LogP contribution >= 0.6 is 11.6 Å². The number of fused-ring (bicyclic) bond motifs is 1. The second-order valence-electron chi connectivity index (χ2n) is 5.37. The molecule has 0 spiro atoms. The molecule has 3 rings (SSSR count). The fourth-order valence-corrected chi connectivity index (χ4v) is 3.03. The van der Waals surface area contributed by atoms with Crippen LogP contribution in [-0.4, -0.2) is 40.0 Å². The highest BCUT2D eigenvalue weighted by molar-refractivity contribution is 6.30. The van der Waals surface area contributed by atoms with Gasteiger partial charge < -0.3 is 5.32 Å². The Morgan fingerprint density at radius 2 is 2.38 bits per heavy atom. The van der Waals surface area contributed by atoms with Crippen LogP contribution in [0.15, 0.2) is 29.2 Å². The van der Waals surface area contributed by atoms with E-state index in [4.69, 9.17) is 11.6 Å². The number of rotatable bonds is 4. The van der Waals surface area contributed by atoms with Gasteiger partial charge >= 0.3 is 0 Å². The zero-order valence-electron chi connectivity index (χ0n) is 12.1. The Morgan fingerprint density at radius 1 is 1.52 bits per heavy atom. The van der Waals surface area contributed by atoms with E-state index in [1.54, 1.807) is 24.4 Å². The average Bonchev–Trinajstić information content (AvgIpc) is 2.99. The summed E-state index contributed by atoms with van der Waals surface area (Å²) in [6, 6.07) is 5.67. The minimum absolute atomic E-state index is 0.0851. The summed E-state index contributed by atoms with van der Waals surface area (Å²) in [6.45, 7) is 5.88. The predicted molar refractivity (Wildman–Crippen MR) is 83.8 cm³/mol. The van der Waals surface area contributed by atoms with Gasteiger partial charge in [-0.3, -0.25) is 14.1 Å². The van der Waals surface area contributed by atoms with E-state index < -0.39 is 0 Å². The van der Waals surface area contributed by atoms with Crippen molar-refractivity contribution in [2.75, 3.05) is 19.6 Å². The van der Waals surface area contributed by atoms with Gasteiger partial charge in [-0.1, -0.05) is 18.5 Å². The molecule has 0 bridgehead atoms. The van der Waals surface area contributed by atoms with E-state index in [1.807, 2.05) is 0 Å². The molecular weight excluding hydrogens is 288 g/mol. The highest BCUT2D eigenvalue weighted by atomic mass is 35.5. The lowest BCUT2D eigenvalue weighted by Crippen LogP contribution is -2.36. The molecule has 3 heterocycles. The van der Waals surface area contributed by atoms with Crippen molar-refractivity contribution >= 4 is 17.2 Å². The number of hydrogen-bond acceptors (Lipinski definition) is 4. The van der Waals surface area contributed by atoms with E-state index in [1.165, 1.54) is 4.40 Å². The van der Waals surface area contributed by atoms with E-state index in [2.05, 4.69) is 22.1 Å². The summed E-state index contributed by atoms with van der Waals surface area (Å²) in [5, 5.41) is 3.91. The number of halogens is 1. The molecule has 2 aromatic rings. The molecule has 5 nitrogen and oxygen atoms in total. The molecule has 0 aromatic carbocycles. The summed E-state index contributed by atoms with van der Waals surface area (Å²) in [5.41, 5.74) is 1.37. The first-order valence-corrected chi connectivity index (χ1v) is 7.68. The molecule has 1 saturated heterocycles. The van der Waals surface area contributed by atoms with Gasteiger partial charge in [-0.15, -0.1) is 0 Å². The molecular formula is C15H19ClN4O. The quantitative estimate of drug-likeness (QED) is 0.931. The monoisotopic (exact) mass is 306 g/mol. The van der Waals surface area contributed by atoms with Crippen molar-refractivity contribution in [1.82, 2.24) is 19.6 Å². The number of nitrogens with one attached hydrogen (secondary N) is 1. The molecule has 1 N–H and O–H groups in total. The van der Waals surface area contributed by atoms with E-state index >= 15 is 0 Å². The maximum atomic E-state index is 12.2. The van der Waals surface area contributed by atoms with Gasteiger partial charge in [-0.2, -0.15) is 0 Å². The van der Waals surface area contributed by atoms with Gasteiger partial charge in [0.2, 0.25) is 0 Å². The zero-order valence-corrected chi connectivity index (χ0v) is 12.8. The van der Waals surface area contributed by atoms with Gasteiger partial charge in [0.15, 0.2) is 0 Å². The largest absolute Gasteiger partial charge is 0.315 e. The van der Waals surface area contributed by atoms with Crippen LogP contribution in [0, 0.1) is 0 Å². The average molecular weight is 307 g/mol. The van der Waals surface area contributed by atoms with Crippen LogP contribution in [0.3, 0.4) is 0 Å². The minimum atomic E-state index is -0.0851. The number of pyridine rings is 1. The lowest BCUT2D eigenvalue weighted by atomic mass is 10.2. The SMILES string of the molecule is CCN(Cc1cc(=O)n2cc(Cl)ccc2n1)C1CCNC1. The molecule has 112 valence electrons. The molecule has 0 aliphatic carbocycles. The Kier molecular flexibility index (Phi) is 4.24. The number of likely N-dealkylation sites (N-methyl/N-ethyl adjacent to an activating group) is 1. The Hall–Kier alpha value is -1.43. The molecule has 21 heavy (non-hydrogen) atoms. The second-order valence-corrected chi connectivity index (χ2v) is 5.81. The van der Waals surface area contributed by atoms with Gasteiger partial charge in [-0.25, -0.2) is 4.98 Å². The molecule has 0 amide bonds. The smallest absolute Gasteiger partial charge is 0.258 e. The fourth-order valence-electron chi connectivity index (χ4n) is 2.87. The van der Waals surface area contributed by atoms with Gasteiger partial charge in [0.1, 0.15) is 5.65 Å². The third-order valence-electron chi connectivity index (χ3n) is 4.00. The highest BCUT2D eigenvalue weighted by Crippen LogP contribution is 2.13. The topological polar surface area (TPSA) is 49.6 Å². The van der Waals surface area contributed by atoms with Gasteiger partial charge in [0.05, 0.1) is 10.7 Å². The molecule has 0 radical (unpaired) electrons. The van der Waals surface area contributed by atoms with Crippen molar-refractivity contribution in [3.8, 4) is 0 Å². The normalized spacial score (nSPS) is 18.7. The molecule has 1 fully saturated rings. The van der Waals surface area contributed by atoms with Gasteiger partial charge in [-0.05, 0) is 31.6 Å². The fraction of sp³-hybridized carbons (Fsp3) is 0.467. The maximum Gasteiger partial charge on any atom is 0.258 e. The summed E-state index contributed by atoms with van der Waals surface area (Å²) in [5.74, 6) is 0. The van der Waals surface area contributed by atoms with Crippen LogP contribution in [0.5, 0.6) is 0 Å². The first-order chi connectivity index (χ1) is 10.2. The van der Waals surface area contributed by atoms with E-state index in [-0.39, 0.29) is 5.56 Å². The van der Waals surface area contributed by atoms with Crippen molar-refractivity contribution in [2.24, 2.45) is 0 Å². The van der Waals surface area contributed by atoms with Crippen molar-refractivity contribution in [2.45, 2.75) is 25.9 Å². The lowest BCUT2D eigenvalue weighted by Gasteiger charge is -2.26. The summed E-state index contributed by atoms with van der Waals surface area (Å²) >= 11 is 5.92. The van der Waals surface area contributed by atoms with E-state index in [9.17, 15) is 4.79 Å². The molecule has 6 heteroatoms. The molecule has 0 saturated carbocycles. The molecule has 1 atom stereocenters. The predicted octanol–water partition coefficient (Wildman–Crippen LogP) is 1.53. The van der Waals surface area contributed by atoms with Crippen molar-refractivity contribution in [3.05, 3.63) is 45.5 Å². The standard InChI is InChI=1S/C15H19ClN4O/c1-2-19(13-5-6-17-8-13)10-12-7-15(21)20-9-11(16)3-4-14(20)18-12/h3-4,7,9,13,17H,2,5-6,8,10H2,1H3. The third-order valence-corrected chi connectivity index (χ3v) is 4.22. The van der Waals surface area contributed by atoms with Crippen LogP contribution in [-0.2, 0) is 6.54 Å². The van der Waals surface area contributed by atoms with E-state index in [0.29, 0.717) is 23.3 Å².